The van der Waals surface area contributed by atoms with Crippen molar-refractivity contribution in [3.63, 3.8) is 0 Å². The normalized spacial score (nSPS) is 17.5. The summed E-state index contributed by atoms with van der Waals surface area (Å²) in [7, 11) is 1.98. The summed E-state index contributed by atoms with van der Waals surface area (Å²) in [4.78, 5) is 13.7. The number of aromatic nitrogens is 1. The van der Waals surface area contributed by atoms with Gasteiger partial charge in [0, 0.05) is 6.04 Å². The molecule has 2 N–H and O–H groups in total. The zero-order chi connectivity index (χ0) is 11.8. The van der Waals surface area contributed by atoms with E-state index < -0.39 is 0 Å². The molecule has 1 atom stereocenters. The largest absolute Gasteiger partial charge is 0.417 e. The second-order valence-corrected chi connectivity index (χ2v) is 4.79. The van der Waals surface area contributed by atoms with Crippen molar-refractivity contribution in [2.24, 2.45) is 5.92 Å². The highest BCUT2D eigenvalue weighted by Gasteiger charge is 2.25. The number of nitrogens with one attached hydrogen (secondary N) is 2. The summed E-state index contributed by atoms with van der Waals surface area (Å²) in [5, 5.41) is 3.33. The van der Waals surface area contributed by atoms with Crippen molar-refractivity contribution >= 4 is 11.1 Å². The third kappa shape index (κ3) is 2.13. The van der Waals surface area contributed by atoms with Crippen LogP contribution in [0.1, 0.15) is 30.9 Å². The molecule has 0 saturated heterocycles. The standard InChI is InChI=1S/C13H16N2O2/c1-14-11(6-8-2-3-8)9-4-5-10-12(7-9)17-13(16)15-10/h4-5,7-8,11,14H,2-3,6H2,1H3,(H,15,16). The summed E-state index contributed by atoms with van der Waals surface area (Å²) < 4.78 is 5.08. The molecule has 1 fully saturated rings. The first-order valence-electron chi connectivity index (χ1n) is 6.06. The van der Waals surface area contributed by atoms with Crippen LogP contribution in [-0.2, 0) is 0 Å². The Bertz CT molecular complexity index is 580. The minimum Gasteiger partial charge on any atom is -0.408 e. The molecule has 0 bridgehead atoms. The molecular weight excluding hydrogens is 216 g/mol. The average molecular weight is 232 g/mol. The number of hydrogen-bond acceptors (Lipinski definition) is 3. The minimum absolute atomic E-state index is 0.354. The lowest BCUT2D eigenvalue weighted by atomic mass is 10.0. The van der Waals surface area contributed by atoms with Gasteiger partial charge in [0.25, 0.3) is 0 Å². The maximum Gasteiger partial charge on any atom is 0.417 e. The van der Waals surface area contributed by atoms with E-state index in [-0.39, 0.29) is 5.76 Å². The molecule has 17 heavy (non-hydrogen) atoms. The molecule has 2 aromatic rings. The molecule has 0 radical (unpaired) electrons. The summed E-state index contributed by atoms with van der Waals surface area (Å²) in [5.74, 6) is 0.474. The summed E-state index contributed by atoms with van der Waals surface area (Å²) in [6.45, 7) is 0. The molecule has 1 aromatic heterocycles. The van der Waals surface area contributed by atoms with Crippen molar-refractivity contribution in [3.05, 3.63) is 34.3 Å². The fourth-order valence-electron chi connectivity index (χ4n) is 2.29. The van der Waals surface area contributed by atoms with Gasteiger partial charge < -0.3 is 9.73 Å². The van der Waals surface area contributed by atoms with Gasteiger partial charge in [-0.1, -0.05) is 18.9 Å². The third-order valence-corrected chi connectivity index (χ3v) is 3.46. The SMILES string of the molecule is CNC(CC1CC1)c1ccc2[nH]c(=O)oc2c1. The van der Waals surface area contributed by atoms with Gasteiger partial charge in [0.2, 0.25) is 0 Å². The van der Waals surface area contributed by atoms with Gasteiger partial charge in [-0.25, -0.2) is 4.79 Å². The molecular formula is C13H16N2O2. The van der Waals surface area contributed by atoms with Crippen LogP contribution in [0.2, 0.25) is 0 Å². The minimum atomic E-state index is -0.389. The number of fused-ring (bicyclic) bond motifs is 1. The molecule has 4 nitrogen and oxygen atoms in total. The highest BCUT2D eigenvalue weighted by atomic mass is 16.4. The van der Waals surface area contributed by atoms with Gasteiger partial charge in [0.15, 0.2) is 5.58 Å². The molecule has 90 valence electrons. The Hall–Kier alpha value is -1.55. The maximum absolute atomic E-state index is 11.1. The Morgan fingerprint density at radius 2 is 2.35 bits per heavy atom. The maximum atomic E-state index is 11.1. The van der Waals surface area contributed by atoms with E-state index in [1.54, 1.807) is 0 Å². The first kappa shape index (κ1) is 10.6. The highest BCUT2D eigenvalue weighted by Crippen LogP contribution is 2.37. The molecule has 1 aromatic carbocycles. The van der Waals surface area contributed by atoms with Crippen molar-refractivity contribution in [1.82, 2.24) is 10.3 Å². The molecule has 4 heteroatoms. The van der Waals surface area contributed by atoms with Crippen LogP contribution in [0.25, 0.3) is 11.1 Å². The third-order valence-electron chi connectivity index (χ3n) is 3.46. The van der Waals surface area contributed by atoms with Crippen molar-refractivity contribution in [1.29, 1.82) is 0 Å². The zero-order valence-electron chi connectivity index (χ0n) is 9.82. The Morgan fingerprint density at radius 1 is 1.53 bits per heavy atom. The Morgan fingerprint density at radius 3 is 3.06 bits per heavy atom. The predicted molar refractivity (Wildman–Crippen MR) is 66.0 cm³/mol. The molecule has 1 unspecified atom stereocenters. The van der Waals surface area contributed by atoms with Gasteiger partial charge in [-0.2, -0.15) is 0 Å². The summed E-state index contributed by atoms with van der Waals surface area (Å²) >= 11 is 0. The van der Waals surface area contributed by atoms with Crippen molar-refractivity contribution < 1.29 is 4.42 Å². The van der Waals surface area contributed by atoms with Crippen LogP contribution in [0, 0.1) is 5.92 Å². The van der Waals surface area contributed by atoms with E-state index in [4.69, 9.17) is 4.42 Å². The van der Waals surface area contributed by atoms with E-state index in [2.05, 4.69) is 16.4 Å². The second-order valence-electron chi connectivity index (χ2n) is 4.79. The summed E-state index contributed by atoms with van der Waals surface area (Å²) in [6.07, 6.45) is 3.86. The molecule has 0 aliphatic heterocycles. The fraction of sp³-hybridized carbons (Fsp3) is 0.462. The van der Waals surface area contributed by atoms with Gasteiger partial charge in [-0.15, -0.1) is 0 Å². The monoisotopic (exact) mass is 232 g/mol. The highest BCUT2D eigenvalue weighted by molar-refractivity contribution is 5.72. The molecule has 1 heterocycles. The average Bonchev–Trinajstić information content (AvgIpc) is 3.05. The van der Waals surface area contributed by atoms with Crippen molar-refractivity contribution in [3.8, 4) is 0 Å². The lowest BCUT2D eigenvalue weighted by Crippen LogP contribution is -2.16. The molecule has 0 spiro atoms. The van der Waals surface area contributed by atoms with E-state index in [1.165, 1.54) is 18.4 Å². The Kier molecular flexibility index (Phi) is 2.52. The van der Waals surface area contributed by atoms with Gasteiger partial charge >= 0.3 is 5.76 Å². The van der Waals surface area contributed by atoms with Crippen molar-refractivity contribution in [2.75, 3.05) is 7.05 Å². The van der Waals surface area contributed by atoms with E-state index in [1.807, 2.05) is 19.2 Å². The van der Waals surface area contributed by atoms with Crippen LogP contribution < -0.4 is 11.1 Å². The Labute approximate surface area is 99.0 Å². The lowest BCUT2D eigenvalue weighted by Gasteiger charge is -2.15. The van der Waals surface area contributed by atoms with E-state index >= 15 is 0 Å². The topological polar surface area (TPSA) is 58.0 Å². The lowest BCUT2D eigenvalue weighted by molar-refractivity contribution is 0.512. The first-order valence-corrected chi connectivity index (χ1v) is 6.06. The predicted octanol–water partition coefficient (Wildman–Crippen LogP) is 2.18. The van der Waals surface area contributed by atoms with Crippen LogP contribution >= 0.6 is 0 Å². The van der Waals surface area contributed by atoms with Crippen LogP contribution in [-0.4, -0.2) is 12.0 Å². The quantitative estimate of drug-likeness (QED) is 0.849. The van der Waals surface area contributed by atoms with Gasteiger partial charge in [-0.05, 0) is 37.1 Å². The number of rotatable bonds is 4. The molecule has 1 aliphatic rings. The molecule has 1 saturated carbocycles. The zero-order valence-corrected chi connectivity index (χ0v) is 9.82. The second kappa shape index (κ2) is 4.04. The van der Waals surface area contributed by atoms with Crippen LogP contribution in [0.5, 0.6) is 0 Å². The van der Waals surface area contributed by atoms with Crippen LogP contribution in [0.15, 0.2) is 27.4 Å². The van der Waals surface area contributed by atoms with Gasteiger partial charge in [0.05, 0.1) is 5.52 Å². The van der Waals surface area contributed by atoms with Crippen LogP contribution in [0.3, 0.4) is 0 Å². The fourth-order valence-corrected chi connectivity index (χ4v) is 2.29. The Balaban J connectivity index is 1.94. The van der Waals surface area contributed by atoms with Crippen molar-refractivity contribution in [2.45, 2.75) is 25.3 Å². The summed E-state index contributed by atoms with van der Waals surface area (Å²) in [6, 6.07) is 6.27. The van der Waals surface area contributed by atoms with E-state index in [0.717, 1.165) is 17.9 Å². The van der Waals surface area contributed by atoms with Crippen LogP contribution in [0.4, 0.5) is 0 Å². The molecule has 1 aliphatic carbocycles. The van der Waals surface area contributed by atoms with E-state index in [9.17, 15) is 4.79 Å². The molecule has 3 rings (SSSR count). The van der Waals surface area contributed by atoms with E-state index in [0.29, 0.717) is 11.6 Å². The molecule has 0 amide bonds. The number of benzene rings is 1. The number of oxazole rings is 1. The smallest absolute Gasteiger partial charge is 0.408 e. The van der Waals surface area contributed by atoms with Gasteiger partial charge in [0.1, 0.15) is 0 Å². The summed E-state index contributed by atoms with van der Waals surface area (Å²) in [5.41, 5.74) is 2.60. The first-order chi connectivity index (χ1) is 8.26. The number of H-pyrrole nitrogens is 1. The number of hydrogen-bond donors (Lipinski definition) is 2. The number of aromatic amines is 1. The van der Waals surface area contributed by atoms with Gasteiger partial charge in [-0.3, -0.25) is 4.98 Å².